The quantitative estimate of drug-likeness (QED) is 0.658. The minimum Gasteiger partial charge on any atom is -0.378 e. The summed E-state index contributed by atoms with van der Waals surface area (Å²) in [6.45, 7) is 10.9. The number of nitrogens with zero attached hydrogens (tertiary/aromatic N) is 2. The third-order valence-corrected chi connectivity index (χ3v) is 2.78. The lowest BCUT2D eigenvalue weighted by atomic mass is 10.2. The first-order valence-corrected chi connectivity index (χ1v) is 5.23. The fourth-order valence-corrected chi connectivity index (χ4v) is 1.61. The monoisotopic (exact) mass is 212 g/mol. The largest absolute Gasteiger partial charge is 0.378 e. The second-order valence-electron chi connectivity index (χ2n) is 3.64. The van der Waals surface area contributed by atoms with Crippen LogP contribution in [0.1, 0.15) is 13.8 Å². The molecule has 1 aliphatic heterocycles. The number of hydrogen-bond donors (Lipinski definition) is 0. The molecule has 0 aromatic carbocycles. The average molecular weight is 212 g/mol. The highest BCUT2D eigenvalue weighted by molar-refractivity contribution is 5.31. The molecule has 1 atom stereocenters. The topological polar surface area (TPSA) is 34.1 Å². The van der Waals surface area contributed by atoms with Gasteiger partial charge in [0.05, 0.1) is 19.3 Å². The molecule has 0 aromatic heterocycles. The Morgan fingerprint density at radius 1 is 1.47 bits per heavy atom. The van der Waals surface area contributed by atoms with E-state index < -0.39 is 0 Å². The van der Waals surface area contributed by atoms with Gasteiger partial charge in [0.2, 0.25) is 0 Å². The van der Waals surface area contributed by atoms with E-state index in [0.29, 0.717) is 0 Å². The first-order valence-electron chi connectivity index (χ1n) is 5.23. The Labute approximate surface area is 91.6 Å². The smallest absolute Gasteiger partial charge is 0.129 e. The van der Waals surface area contributed by atoms with Gasteiger partial charge in [-0.1, -0.05) is 0 Å². The summed E-state index contributed by atoms with van der Waals surface area (Å²) in [4.78, 5) is 6.30. The first kappa shape index (κ1) is 12.2. The summed E-state index contributed by atoms with van der Waals surface area (Å²) in [6.07, 6.45) is 0.0772. The molecule has 4 nitrogen and oxygen atoms in total. The third kappa shape index (κ3) is 3.04. The van der Waals surface area contributed by atoms with Gasteiger partial charge in [-0.05, 0) is 26.1 Å². The molecule has 1 rings (SSSR count). The molecule has 0 bridgehead atoms. The van der Waals surface area contributed by atoms with Crippen molar-refractivity contribution in [3.8, 4) is 0 Å². The standard InChI is InChI=1S/C11H20N2O2/c1-9(10(2)14-4)11(12-3)13-5-7-15-8-6-13/h10H,3,5-8H2,1-2,4H3/b11-9-/t10-/m1/s1. The molecule has 0 saturated carbocycles. The lowest BCUT2D eigenvalue weighted by Gasteiger charge is -2.30. The van der Waals surface area contributed by atoms with Crippen LogP contribution in [0, 0.1) is 0 Å². The van der Waals surface area contributed by atoms with Gasteiger partial charge in [0.25, 0.3) is 0 Å². The van der Waals surface area contributed by atoms with Gasteiger partial charge in [-0.25, -0.2) is 4.99 Å². The number of morpholine rings is 1. The average Bonchev–Trinajstić information content (AvgIpc) is 2.30. The predicted octanol–water partition coefficient (Wildman–Crippen LogP) is 1.29. The molecule has 0 aliphatic carbocycles. The number of hydrogen-bond acceptors (Lipinski definition) is 4. The Balaban J connectivity index is 2.79. The number of rotatable bonds is 4. The molecule has 1 heterocycles. The van der Waals surface area contributed by atoms with Crippen molar-refractivity contribution in [2.45, 2.75) is 20.0 Å². The first-order chi connectivity index (χ1) is 7.20. The molecule has 0 unspecified atom stereocenters. The van der Waals surface area contributed by atoms with Crippen LogP contribution in [0.3, 0.4) is 0 Å². The van der Waals surface area contributed by atoms with E-state index in [0.717, 1.165) is 37.7 Å². The molecule has 0 spiro atoms. The zero-order valence-corrected chi connectivity index (χ0v) is 9.82. The van der Waals surface area contributed by atoms with Gasteiger partial charge in [0, 0.05) is 20.2 Å². The molecule has 1 aliphatic rings. The maximum atomic E-state index is 5.30. The second kappa shape index (κ2) is 5.88. The minimum absolute atomic E-state index is 0.0772. The molecule has 4 heteroatoms. The maximum Gasteiger partial charge on any atom is 0.129 e. The van der Waals surface area contributed by atoms with Gasteiger partial charge >= 0.3 is 0 Å². The number of methoxy groups -OCH3 is 1. The van der Waals surface area contributed by atoms with Crippen molar-refractivity contribution in [2.75, 3.05) is 33.4 Å². The van der Waals surface area contributed by atoms with Crippen molar-refractivity contribution >= 4 is 6.72 Å². The van der Waals surface area contributed by atoms with Crippen LogP contribution >= 0.6 is 0 Å². The van der Waals surface area contributed by atoms with E-state index >= 15 is 0 Å². The van der Waals surface area contributed by atoms with Crippen LogP contribution in [0.25, 0.3) is 0 Å². The van der Waals surface area contributed by atoms with E-state index in [1.807, 2.05) is 13.8 Å². The normalized spacial score (nSPS) is 20.9. The van der Waals surface area contributed by atoms with Gasteiger partial charge in [-0.2, -0.15) is 0 Å². The Bertz CT molecular complexity index is 245. The van der Waals surface area contributed by atoms with Crippen LogP contribution in [0.2, 0.25) is 0 Å². The Hall–Kier alpha value is -0.870. The second-order valence-corrected chi connectivity index (χ2v) is 3.64. The van der Waals surface area contributed by atoms with Crippen molar-refractivity contribution in [1.82, 2.24) is 4.90 Å². The third-order valence-electron chi connectivity index (χ3n) is 2.78. The minimum atomic E-state index is 0.0772. The van der Waals surface area contributed by atoms with Gasteiger partial charge in [-0.15, -0.1) is 0 Å². The van der Waals surface area contributed by atoms with Crippen molar-refractivity contribution in [1.29, 1.82) is 0 Å². The van der Waals surface area contributed by atoms with E-state index in [-0.39, 0.29) is 6.10 Å². The summed E-state index contributed by atoms with van der Waals surface area (Å²) in [7, 11) is 1.70. The van der Waals surface area contributed by atoms with Gasteiger partial charge in [-0.3, -0.25) is 0 Å². The molecule has 0 radical (unpaired) electrons. The summed E-state index contributed by atoms with van der Waals surface area (Å²) in [6, 6.07) is 0. The lowest BCUT2D eigenvalue weighted by Crippen LogP contribution is -2.36. The molecular formula is C11H20N2O2. The van der Waals surface area contributed by atoms with Crippen LogP contribution in [-0.4, -0.2) is 51.1 Å². The predicted molar refractivity (Wildman–Crippen MR) is 61.1 cm³/mol. The summed E-state index contributed by atoms with van der Waals surface area (Å²) < 4.78 is 10.6. The van der Waals surface area contributed by atoms with E-state index in [9.17, 15) is 0 Å². The van der Waals surface area contributed by atoms with Crippen molar-refractivity contribution in [3.63, 3.8) is 0 Å². The van der Waals surface area contributed by atoms with Gasteiger partial charge in [0.15, 0.2) is 0 Å². The number of ether oxygens (including phenoxy) is 2. The Kier molecular flexibility index (Phi) is 4.78. The van der Waals surface area contributed by atoms with Crippen LogP contribution in [0.5, 0.6) is 0 Å². The van der Waals surface area contributed by atoms with E-state index in [1.165, 1.54) is 0 Å². The zero-order chi connectivity index (χ0) is 11.3. The van der Waals surface area contributed by atoms with Crippen LogP contribution in [-0.2, 0) is 9.47 Å². The molecule has 1 saturated heterocycles. The molecule has 0 N–H and O–H groups in total. The molecule has 15 heavy (non-hydrogen) atoms. The van der Waals surface area contributed by atoms with Gasteiger partial charge < -0.3 is 14.4 Å². The van der Waals surface area contributed by atoms with Crippen LogP contribution in [0.15, 0.2) is 16.4 Å². The SMILES string of the molecule is C=N/C(=C(\C)[C@@H](C)OC)N1CCOCC1. The highest BCUT2D eigenvalue weighted by atomic mass is 16.5. The van der Waals surface area contributed by atoms with Crippen LogP contribution in [0.4, 0.5) is 0 Å². The zero-order valence-electron chi connectivity index (χ0n) is 9.82. The molecule has 0 amide bonds. The lowest BCUT2D eigenvalue weighted by molar-refractivity contribution is 0.0510. The van der Waals surface area contributed by atoms with Crippen molar-refractivity contribution in [3.05, 3.63) is 11.4 Å². The summed E-state index contributed by atoms with van der Waals surface area (Å²) in [5, 5.41) is 0. The summed E-state index contributed by atoms with van der Waals surface area (Å²) >= 11 is 0. The molecule has 1 fully saturated rings. The van der Waals surface area contributed by atoms with Crippen LogP contribution < -0.4 is 0 Å². The summed E-state index contributed by atoms with van der Waals surface area (Å²) in [5.74, 6) is 0.938. The fourth-order valence-electron chi connectivity index (χ4n) is 1.61. The Morgan fingerprint density at radius 2 is 2.07 bits per heavy atom. The highest BCUT2D eigenvalue weighted by Crippen LogP contribution is 2.17. The van der Waals surface area contributed by atoms with E-state index in [2.05, 4.69) is 16.6 Å². The fraction of sp³-hybridized carbons (Fsp3) is 0.727. The maximum absolute atomic E-state index is 5.30. The molecular weight excluding hydrogens is 192 g/mol. The molecule has 0 aromatic rings. The Morgan fingerprint density at radius 3 is 2.53 bits per heavy atom. The molecule has 86 valence electrons. The highest BCUT2D eigenvalue weighted by Gasteiger charge is 2.17. The van der Waals surface area contributed by atoms with E-state index in [1.54, 1.807) is 7.11 Å². The van der Waals surface area contributed by atoms with Crippen molar-refractivity contribution in [2.24, 2.45) is 4.99 Å². The summed E-state index contributed by atoms with van der Waals surface area (Å²) in [5.41, 5.74) is 1.12. The number of aliphatic imine (C=N–C) groups is 1. The van der Waals surface area contributed by atoms with Crippen molar-refractivity contribution < 1.29 is 9.47 Å². The van der Waals surface area contributed by atoms with Gasteiger partial charge in [0.1, 0.15) is 5.82 Å². The van der Waals surface area contributed by atoms with E-state index in [4.69, 9.17) is 9.47 Å².